The van der Waals surface area contributed by atoms with Crippen LogP contribution in [0.15, 0.2) is 16.7 Å². The van der Waals surface area contributed by atoms with Gasteiger partial charge in [0, 0.05) is 29.7 Å². The van der Waals surface area contributed by atoms with Crippen molar-refractivity contribution in [1.29, 1.82) is 0 Å². The van der Waals surface area contributed by atoms with Crippen LogP contribution in [-0.2, 0) is 12.1 Å². The lowest BCUT2D eigenvalue weighted by molar-refractivity contribution is 0.0550. The third-order valence-electron chi connectivity index (χ3n) is 4.12. The Kier molecular flexibility index (Phi) is 4.08. The lowest BCUT2D eigenvalue weighted by Crippen LogP contribution is -2.35. The Bertz CT molecular complexity index is 842. The molecule has 1 unspecified atom stereocenters. The molecule has 124 valence electrons. The van der Waals surface area contributed by atoms with Gasteiger partial charge in [0.05, 0.1) is 11.4 Å². The fourth-order valence-electron chi connectivity index (χ4n) is 3.01. The fourth-order valence-corrected chi connectivity index (χ4v) is 3.90. The molecule has 3 heterocycles. The summed E-state index contributed by atoms with van der Waals surface area (Å²) in [4.78, 5) is 6.85. The van der Waals surface area contributed by atoms with Gasteiger partial charge in [-0.2, -0.15) is 0 Å². The van der Waals surface area contributed by atoms with E-state index in [9.17, 15) is 5.11 Å². The summed E-state index contributed by atoms with van der Waals surface area (Å²) < 4.78 is 7.66. The zero-order valence-corrected chi connectivity index (χ0v) is 15.0. The summed E-state index contributed by atoms with van der Waals surface area (Å²) >= 11 is 1.69. The molecule has 5 nitrogen and oxygen atoms in total. The molecular formula is C17H23N3O2S. The van der Waals surface area contributed by atoms with Crippen LogP contribution in [0, 0.1) is 27.7 Å². The average Bonchev–Trinajstić information content (AvgIpc) is 3.04. The molecule has 0 aliphatic carbocycles. The van der Waals surface area contributed by atoms with Crippen LogP contribution in [0.4, 0.5) is 0 Å². The minimum Gasteiger partial charge on any atom is -0.466 e. The van der Waals surface area contributed by atoms with Gasteiger partial charge < -0.3 is 14.8 Å². The molecule has 0 spiro atoms. The van der Waals surface area contributed by atoms with E-state index in [0.29, 0.717) is 13.1 Å². The van der Waals surface area contributed by atoms with E-state index < -0.39 is 5.60 Å². The molecule has 0 saturated carbocycles. The van der Waals surface area contributed by atoms with Gasteiger partial charge in [-0.05, 0) is 40.7 Å². The zero-order valence-electron chi connectivity index (χ0n) is 14.2. The molecule has 0 radical (unpaired) electrons. The molecule has 0 aliphatic rings. The first-order valence-electron chi connectivity index (χ1n) is 7.72. The number of thiazole rings is 1. The number of fused-ring (bicyclic) bond motifs is 1. The number of aryl methyl sites for hydroxylation is 4. The predicted octanol–water partition coefficient (Wildman–Crippen LogP) is 3.22. The topological polar surface area (TPSA) is 62.7 Å². The van der Waals surface area contributed by atoms with Gasteiger partial charge in [0.1, 0.15) is 17.1 Å². The van der Waals surface area contributed by atoms with Crippen molar-refractivity contribution in [2.24, 2.45) is 0 Å². The summed E-state index contributed by atoms with van der Waals surface area (Å²) in [6.07, 6.45) is 2.11. The number of hydrogen-bond acceptors (Lipinski definition) is 5. The quantitative estimate of drug-likeness (QED) is 0.752. The van der Waals surface area contributed by atoms with Gasteiger partial charge in [-0.25, -0.2) is 4.98 Å². The first-order valence-corrected chi connectivity index (χ1v) is 8.54. The van der Waals surface area contributed by atoms with Gasteiger partial charge in [-0.15, -0.1) is 11.3 Å². The Morgan fingerprint density at radius 3 is 2.74 bits per heavy atom. The number of furan rings is 1. The second-order valence-electron chi connectivity index (χ2n) is 6.34. The van der Waals surface area contributed by atoms with Gasteiger partial charge in [0.15, 0.2) is 4.96 Å². The normalized spacial score (nSPS) is 14.5. The molecule has 0 bridgehead atoms. The van der Waals surface area contributed by atoms with Crippen molar-refractivity contribution in [2.75, 3.05) is 6.54 Å². The third-order valence-corrected chi connectivity index (χ3v) is 5.02. The third kappa shape index (κ3) is 3.06. The maximum Gasteiger partial charge on any atom is 0.194 e. The molecule has 0 saturated heterocycles. The summed E-state index contributed by atoms with van der Waals surface area (Å²) in [6, 6.07) is 1.90. The van der Waals surface area contributed by atoms with Gasteiger partial charge in [-0.1, -0.05) is 0 Å². The van der Waals surface area contributed by atoms with Gasteiger partial charge >= 0.3 is 0 Å². The fraction of sp³-hybridized carbons (Fsp3) is 0.471. The van der Waals surface area contributed by atoms with Crippen molar-refractivity contribution >= 4 is 16.3 Å². The second kappa shape index (κ2) is 5.78. The first kappa shape index (κ1) is 16.2. The van der Waals surface area contributed by atoms with Crippen LogP contribution in [0.25, 0.3) is 4.96 Å². The van der Waals surface area contributed by atoms with Gasteiger partial charge in [-0.3, -0.25) is 4.40 Å². The van der Waals surface area contributed by atoms with Crippen molar-refractivity contribution < 1.29 is 9.52 Å². The zero-order chi connectivity index (χ0) is 16.8. The Morgan fingerprint density at radius 2 is 2.09 bits per heavy atom. The number of nitrogens with one attached hydrogen (secondary N) is 1. The lowest BCUT2D eigenvalue weighted by Gasteiger charge is -2.23. The Labute approximate surface area is 140 Å². The largest absolute Gasteiger partial charge is 0.466 e. The number of imidazole rings is 1. The lowest BCUT2D eigenvalue weighted by atomic mass is 9.96. The van der Waals surface area contributed by atoms with Gasteiger partial charge in [0.25, 0.3) is 0 Å². The molecule has 1 atom stereocenters. The molecule has 3 rings (SSSR count). The molecule has 6 heteroatoms. The summed E-state index contributed by atoms with van der Waals surface area (Å²) in [6.45, 7) is 10.8. The molecule has 3 aromatic heterocycles. The van der Waals surface area contributed by atoms with Crippen LogP contribution < -0.4 is 5.32 Å². The van der Waals surface area contributed by atoms with Crippen molar-refractivity contribution in [2.45, 2.75) is 46.8 Å². The van der Waals surface area contributed by atoms with E-state index in [1.54, 1.807) is 11.3 Å². The van der Waals surface area contributed by atoms with E-state index in [0.717, 1.165) is 33.4 Å². The van der Waals surface area contributed by atoms with E-state index in [1.165, 1.54) is 4.88 Å². The highest BCUT2D eigenvalue weighted by Crippen LogP contribution is 2.26. The molecule has 0 aliphatic heterocycles. The Balaban J connectivity index is 1.73. The van der Waals surface area contributed by atoms with Crippen LogP contribution >= 0.6 is 11.3 Å². The van der Waals surface area contributed by atoms with Crippen molar-refractivity contribution in [3.8, 4) is 0 Å². The SMILES string of the molecule is Cc1cc(C(C)(O)CNCc2c(C)nc3sc(C)cn23)c(C)o1. The van der Waals surface area contributed by atoms with E-state index in [-0.39, 0.29) is 0 Å². The van der Waals surface area contributed by atoms with Crippen LogP contribution in [0.2, 0.25) is 0 Å². The monoisotopic (exact) mass is 333 g/mol. The average molecular weight is 333 g/mol. The maximum atomic E-state index is 10.8. The Morgan fingerprint density at radius 1 is 1.35 bits per heavy atom. The number of aliphatic hydroxyl groups is 1. The van der Waals surface area contributed by atoms with Crippen molar-refractivity contribution in [3.63, 3.8) is 0 Å². The molecule has 3 aromatic rings. The molecule has 0 fully saturated rings. The summed E-state index contributed by atoms with van der Waals surface area (Å²) in [5.74, 6) is 1.59. The summed E-state index contributed by atoms with van der Waals surface area (Å²) in [5, 5.41) is 14.1. The maximum absolute atomic E-state index is 10.8. The molecule has 2 N–H and O–H groups in total. The minimum atomic E-state index is -0.968. The smallest absolute Gasteiger partial charge is 0.194 e. The molecule has 0 amide bonds. The molecule has 23 heavy (non-hydrogen) atoms. The number of hydrogen-bond donors (Lipinski definition) is 2. The highest BCUT2D eigenvalue weighted by molar-refractivity contribution is 7.17. The van der Waals surface area contributed by atoms with Crippen LogP contribution in [0.3, 0.4) is 0 Å². The van der Waals surface area contributed by atoms with E-state index in [4.69, 9.17) is 4.42 Å². The standard InChI is InChI=1S/C17H23N3O2S/c1-10-6-14(13(4)22-10)17(5,21)9-18-7-15-12(3)19-16-20(15)8-11(2)23-16/h6,8,18,21H,7,9H2,1-5H3. The van der Waals surface area contributed by atoms with E-state index in [2.05, 4.69) is 27.8 Å². The number of nitrogens with zero attached hydrogens (tertiary/aromatic N) is 2. The van der Waals surface area contributed by atoms with Gasteiger partial charge in [0.2, 0.25) is 0 Å². The van der Waals surface area contributed by atoms with Crippen LogP contribution in [0.5, 0.6) is 0 Å². The van der Waals surface area contributed by atoms with E-state index in [1.807, 2.05) is 33.8 Å². The second-order valence-corrected chi connectivity index (χ2v) is 7.56. The Hall–Kier alpha value is -1.63. The van der Waals surface area contributed by atoms with Crippen molar-refractivity contribution in [3.05, 3.63) is 45.6 Å². The minimum absolute atomic E-state index is 0.447. The summed E-state index contributed by atoms with van der Waals surface area (Å²) in [7, 11) is 0. The highest BCUT2D eigenvalue weighted by Gasteiger charge is 2.27. The van der Waals surface area contributed by atoms with Crippen LogP contribution in [0.1, 0.15) is 40.3 Å². The molecule has 0 aromatic carbocycles. The molecular weight excluding hydrogens is 310 g/mol. The van der Waals surface area contributed by atoms with Crippen LogP contribution in [-0.4, -0.2) is 21.0 Å². The highest BCUT2D eigenvalue weighted by atomic mass is 32.1. The first-order chi connectivity index (χ1) is 10.8. The van der Waals surface area contributed by atoms with Crippen molar-refractivity contribution in [1.82, 2.24) is 14.7 Å². The predicted molar refractivity (Wildman–Crippen MR) is 92.0 cm³/mol. The van der Waals surface area contributed by atoms with E-state index >= 15 is 0 Å². The number of rotatable bonds is 5. The number of aromatic nitrogens is 2. The summed E-state index contributed by atoms with van der Waals surface area (Å²) in [5.41, 5.74) is 2.03.